The monoisotopic (exact) mass is 262 g/mol. The second-order valence-corrected chi connectivity index (χ2v) is 4.42. The van der Waals surface area contributed by atoms with Gasteiger partial charge >= 0.3 is 11.7 Å². The van der Waals surface area contributed by atoms with Gasteiger partial charge in [-0.2, -0.15) is 0 Å². The van der Waals surface area contributed by atoms with E-state index in [1.807, 2.05) is 0 Å². The zero-order chi connectivity index (χ0) is 14.2. The number of ketones is 1. The number of hydrogen-bond donors (Lipinski definition) is 1. The van der Waals surface area contributed by atoms with Crippen molar-refractivity contribution >= 4 is 22.8 Å². The first-order valence-electron chi connectivity index (χ1n) is 5.82. The number of imidazole rings is 1. The topological polar surface area (TPSA) is 81.3 Å². The molecule has 100 valence electrons. The molecule has 0 amide bonds. The number of fused-ring (bicyclic) bond motifs is 1. The zero-order valence-corrected chi connectivity index (χ0v) is 10.7. The van der Waals surface area contributed by atoms with Gasteiger partial charge in [0.2, 0.25) is 0 Å². The van der Waals surface area contributed by atoms with E-state index < -0.39 is 5.97 Å². The zero-order valence-electron chi connectivity index (χ0n) is 10.7. The van der Waals surface area contributed by atoms with Crippen molar-refractivity contribution in [2.75, 3.05) is 0 Å². The van der Waals surface area contributed by atoms with E-state index in [1.54, 1.807) is 32.3 Å². The Hall–Kier alpha value is -2.37. The maximum Gasteiger partial charge on any atom is 0.328 e. The summed E-state index contributed by atoms with van der Waals surface area (Å²) in [7, 11) is 3.30. The Morgan fingerprint density at radius 1 is 1.11 bits per heavy atom. The first-order chi connectivity index (χ1) is 8.91. The minimum absolute atomic E-state index is 0.0401. The van der Waals surface area contributed by atoms with Crippen LogP contribution in [0.25, 0.3) is 11.0 Å². The fourth-order valence-corrected chi connectivity index (χ4v) is 2.05. The Kier molecular flexibility index (Phi) is 3.25. The van der Waals surface area contributed by atoms with Crippen LogP contribution in [0.4, 0.5) is 0 Å². The molecule has 2 rings (SSSR count). The number of aromatic nitrogens is 2. The number of nitrogens with zero attached hydrogens (tertiary/aromatic N) is 2. The lowest BCUT2D eigenvalue weighted by Gasteiger charge is -2.01. The van der Waals surface area contributed by atoms with Gasteiger partial charge in [0.15, 0.2) is 5.78 Å². The van der Waals surface area contributed by atoms with Crippen molar-refractivity contribution in [3.63, 3.8) is 0 Å². The highest BCUT2D eigenvalue weighted by Gasteiger charge is 2.12. The van der Waals surface area contributed by atoms with Gasteiger partial charge in [-0.05, 0) is 18.2 Å². The number of hydrogen-bond acceptors (Lipinski definition) is 3. The molecule has 0 bridgehead atoms. The van der Waals surface area contributed by atoms with Crippen LogP contribution in [-0.2, 0) is 18.9 Å². The standard InChI is InChI=1S/C13H14N2O4/c1-14-9-4-3-8(11(16)5-6-12(17)18)7-10(9)15(2)13(14)19/h3-4,7H,5-6H2,1-2H3,(H,17,18). The van der Waals surface area contributed by atoms with E-state index in [4.69, 9.17) is 5.11 Å². The summed E-state index contributed by atoms with van der Waals surface area (Å²) in [5.74, 6) is -1.23. The minimum atomic E-state index is -0.999. The predicted molar refractivity (Wildman–Crippen MR) is 69.4 cm³/mol. The summed E-state index contributed by atoms with van der Waals surface area (Å²) in [6.45, 7) is 0. The molecule has 1 heterocycles. The van der Waals surface area contributed by atoms with Gasteiger partial charge in [-0.1, -0.05) is 0 Å². The third-order valence-corrected chi connectivity index (χ3v) is 3.16. The molecule has 0 aliphatic heterocycles. The highest BCUT2D eigenvalue weighted by molar-refractivity contribution is 6.00. The molecule has 0 aliphatic carbocycles. The third-order valence-electron chi connectivity index (χ3n) is 3.16. The molecule has 1 aromatic carbocycles. The first-order valence-corrected chi connectivity index (χ1v) is 5.82. The Bertz CT molecular complexity index is 724. The number of Topliss-reactive ketones (excluding diaryl/α,β-unsaturated/α-hetero) is 1. The van der Waals surface area contributed by atoms with E-state index in [1.165, 1.54) is 9.13 Å². The fourth-order valence-electron chi connectivity index (χ4n) is 2.05. The molecule has 0 saturated carbocycles. The van der Waals surface area contributed by atoms with Crippen molar-refractivity contribution < 1.29 is 14.7 Å². The number of carbonyl (C=O) groups excluding carboxylic acids is 1. The molecule has 19 heavy (non-hydrogen) atoms. The Labute approximate surface area is 108 Å². The van der Waals surface area contributed by atoms with E-state index in [2.05, 4.69) is 0 Å². The highest BCUT2D eigenvalue weighted by atomic mass is 16.4. The number of carboxylic acid groups (broad SMARTS) is 1. The van der Waals surface area contributed by atoms with Gasteiger partial charge in [0.25, 0.3) is 0 Å². The molecule has 1 N–H and O–H groups in total. The Morgan fingerprint density at radius 3 is 2.37 bits per heavy atom. The number of aliphatic carboxylic acids is 1. The molecule has 0 atom stereocenters. The smallest absolute Gasteiger partial charge is 0.328 e. The van der Waals surface area contributed by atoms with Gasteiger partial charge in [0, 0.05) is 26.1 Å². The molecule has 1 aromatic heterocycles. The fraction of sp³-hybridized carbons (Fsp3) is 0.308. The molecule has 0 aliphatic rings. The van der Waals surface area contributed by atoms with Crippen LogP contribution in [0.5, 0.6) is 0 Å². The van der Waals surface area contributed by atoms with Crippen molar-refractivity contribution in [3.8, 4) is 0 Å². The maximum atomic E-state index is 11.8. The lowest BCUT2D eigenvalue weighted by Crippen LogP contribution is -2.19. The molecule has 0 fully saturated rings. The normalized spacial score (nSPS) is 10.8. The molecule has 0 saturated heterocycles. The van der Waals surface area contributed by atoms with Crippen molar-refractivity contribution in [1.29, 1.82) is 0 Å². The number of benzene rings is 1. The third kappa shape index (κ3) is 2.29. The van der Waals surface area contributed by atoms with E-state index in [9.17, 15) is 14.4 Å². The van der Waals surface area contributed by atoms with Crippen LogP contribution in [0, 0.1) is 0 Å². The lowest BCUT2D eigenvalue weighted by atomic mass is 10.1. The van der Waals surface area contributed by atoms with Crippen LogP contribution in [0.1, 0.15) is 23.2 Å². The van der Waals surface area contributed by atoms with Crippen LogP contribution in [0.3, 0.4) is 0 Å². The summed E-state index contributed by atoms with van der Waals surface area (Å²) in [4.78, 5) is 34.0. The molecule has 0 unspecified atom stereocenters. The van der Waals surface area contributed by atoms with Gasteiger partial charge in [-0.3, -0.25) is 18.7 Å². The van der Waals surface area contributed by atoms with Crippen LogP contribution < -0.4 is 5.69 Å². The number of carboxylic acids is 1. The van der Waals surface area contributed by atoms with E-state index in [-0.39, 0.29) is 24.3 Å². The number of carbonyl (C=O) groups is 2. The van der Waals surface area contributed by atoms with Gasteiger partial charge in [-0.15, -0.1) is 0 Å². The summed E-state index contributed by atoms with van der Waals surface area (Å²) < 4.78 is 2.96. The molecule has 0 radical (unpaired) electrons. The van der Waals surface area contributed by atoms with Crippen molar-refractivity contribution in [2.24, 2.45) is 14.1 Å². The van der Waals surface area contributed by atoms with E-state index in [0.717, 1.165) is 5.52 Å². The average Bonchev–Trinajstić information content (AvgIpc) is 2.61. The average molecular weight is 262 g/mol. The molecule has 6 heteroatoms. The largest absolute Gasteiger partial charge is 0.481 e. The lowest BCUT2D eigenvalue weighted by molar-refractivity contribution is -0.136. The second-order valence-electron chi connectivity index (χ2n) is 4.42. The molecular weight excluding hydrogens is 248 g/mol. The SMILES string of the molecule is Cn1c(=O)n(C)c2cc(C(=O)CCC(=O)O)ccc21. The van der Waals surface area contributed by atoms with Gasteiger partial charge < -0.3 is 5.11 Å². The number of rotatable bonds is 4. The summed E-state index contributed by atoms with van der Waals surface area (Å²) in [6, 6.07) is 4.94. The molecular formula is C13H14N2O4. The maximum absolute atomic E-state index is 11.8. The van der Waals surface area contributed by atoms with Crippen LogP contribution in [0.15, 0.2) is 23.0 Å². The van der Waals surface area contributed by atoms with Crippen LogP contribution >= 0.6 is 0 Å². The Balaban J connectivity index is 2.42. The Morgan fingerprint density at radius 2 is 1.74 bits per heavy atom. The van der Waals surface area contributed by atoms with E-state index >= 15 is 0 Å². The van der Waals surface area contributed by atoms with Gasteiger partial charge in [0.05, 0.1) is 17.5 Å². The highest BCUT2D eigenvalue weighted by Crippen LogP contribution is 2.15. The predicted octanol–water partition coefficient (Wildman–Crippen LogP) is 0.924. The van der Waals surface area contributed by atoms with Crippen LogP contribution in [-0.4, -0.2) is 26.0 Å². The quantitative estimate of drug-likeness (QED) is 0.831. The van der Waals surface area contributed by atoms with Crippen molar-refractivity contribution in [1.82, 2.24) is 9.13 Å². The second kappa shape index (κ2) is 4.72. The number of aryl methyl sites for hydroxylation is 2. The molecule has 2 aromatic rings. The summed E-state index contributed by atoms with van der Waals surface area (Å²) in [5.41, 5.74) is 1.66. The summed E-state index contributed by atoms with van der Waals surface area (Å²) >= 11 is 0. The van der Waals surface area contributed by atoms with Crippen LogP contribution in [0.2, 0.25) is 0 Å². The summed E-state index contributed by atoms with van der Waals surface area (Å²) in [6.07, 6.45) is -0.230. The molecule has 0 spiro atoms. The minimum Gasteiger partial charge on any atom is -0.481 e. The summed E-state index contributed by atoms with van der Waals surface area (Å²) in [5, 5.41) is 8.56. The van der Waals surface area contributed by atoms with Crippen molar-refractivity contribution in [2.45, 2.75) is 12.8 Å². The van der Waals surface area contributed by atoms with E-state index in [0.29, 0.717) is 11.1 Å². The van der Waals surface area contributed by atoms with Crippen molar-refractivity contribution in [3.05, 3.63) is 34.2 Å². The first kappa shape index (κ1) is 13.1. The van der Waals surface area contributed by atoms with Gasteiger partial charge in [-0.25, -0.2) is 4.79 Å². The van der Waals surface area contributed by atoms with Gasteiger partial charge in [0.1, 0.15) is 0 Å². The molecule has 6 nitrogen and oxygen atoms in total.